The van der Waals surface area contributed by atoms with E-state index >= 15 is 0 Å². The number of rotatable bonds is 5. The average molecular weight is 397 g/mol. The SMILES string of the molecule is Cc1ccc(C2CCCC(CO)O2)cc1Cc1ccc(-c2ccc(F)cc2)s1. The van der Waals surface area contributed by atoms with E-state index in [2.05, 4.69) is 37.3 Å². The fourth-order valence-electron chi connectivity index (χ4n) is 3.79. The van der Waals surface area contributed by atoms with E-state index in [4.69, 9.17) is 4.74 Å². The Kier molecular flexibility index (Phi) is 5.90. The Morgan fingerprint density at radius 1 is 1.07 bits per heavy atom. The van der Waals surface area contributed by atoms with Crippen LogP contribution in [0.4, 0.5) is 4.39 Å². The van der Waals surface area contributed by atoms with Crippen LogP contribution >= 0.6 is 11.3 Å². The van der Waals surface area contributed by atoms with Gasteiger partial charge in [-0.15, -0.1) is 11.3 Å². The van der Waals surface area contributed by atoms with Crippen molar-refractivity contribution in [1.82, 2.24) is 0 Å². The van der Waals surface area contributed by atoms with Crippen LogP contribution in [0.2, 0.25) is 0 Å². The molecule has 4 rings (SSSR count). The van der Waals surface area contributed by atoms with Crippen LogP contribution < -0.4 is 0 Å². The molecule has 2 atom stereocenters. The first-order chi connectivity index (χ1) is 13.6. The van der Waals surface area contributed by atoms with Gasteiger partial charge in [0.1, 0.15) is 5.82 Å². The van der Waals surface area contributed by atoms with Gasteiger partial charge in [-0.3, -0.25) is 0 Å². The van der Waals surface area contributed by atoms with E-state index in [0.717, 1.165) is 36.1 Å². The molecule has 2 heterocycles. The van der Waals surface area contributed by atoms with Crippen molar-refractivity contribution in [2.75, 3.05) is 6.61 Å². The molecule has 0 spiro atoms. The molecule has 146 valence electrons. The molecule has 0 radical (unpaired) electrons. The second-order valence-corrected chi connectivity index (χ2v) is 8.66. The summed E-state index contributed by atoms with van der Waals surface area (Å²) >= 11 is 1.75. The number of hydrogen-bond donors (Lipinski definition) is 1. The Bertz CT molecular complexity index is 932. The summed E-state index contributed by atoms with van der Waals surface area (Å²) in [7, 11) is 0. The van der Waals surface area contributed by atoms with Crippen LogP contribution in [0.15, 0.2) is 54.6 Å². The van der Waals surface area contributed by atoms with Crippen molar-refractivity contribution < 1.29 is 14.2 Å². The molecule has 1 aliphatic heterocycles. The molecule has 1 aliphatic rings. The van der Waals surface area contributed by atoms with Crippen molar-refractivity contribution in [3.8, 4) is 10.4 Å². The summed E-state index contributed by atoms with van der Waals surface area (Å²) in [6.07, 6.45) is 3.94. The Morgan fingerprint density at radius 3 is 2.68 bits per heavy atom. The number of aryl methyl sites for hydroxylation is 1. The number of aliphatic hydroxyl groups is 1. The molecule has 2 unspecified atom stereocenters. The molecule has 2 nitrogen and oxygen atoms in total. The zero-order chi connectivity index (χ0) is 19.5. The van der Waals surface area contributed by atoms with Gasteiger partial charge < -0.3 is 9.84 Å². The molecule has 1 fully saturated rings. The topological polar surface area (TPSA) is 29.5 Å². The predicted molar refractivity (Wildman–Crippen MR) is 112 cm³/mol. The minimum Gasteiger partial charge on any atom is -0.394 e. The van der Waals surface area contributed by atoms with Gasteiger partial charge in [0.05, 0.1) is 18.8 Å². The van der Waals surface area contributed by atoms with E-state index in [9.17, 15) is 9.50 Å². The number of aliphatic hydroxyl groups excluding tert-OH is 1. The first-order valence-corrected chi connectivity index (χ1v) is 10.6. The first-order valence-electron chi connectivity index (χ1n) is 9.83. The van der Waals surface area contributed by atoms with Crippen molar-refractivity contribution in [2.24, 2.45) is 0 Å². The fraction of sp³-hybridized carbons (Fsp3) is 0.333. The van der Waals surface area contributed by atoms with Gasteiger partial charge in [0.15, 0.2) is 0 Å². The first kappa shape index (κ1) is 19.3. The van der Waals surface area contributed by atoms with Crippen LogP contribution in [-0.4, -0.2) is 17.8 Å². The highest BCUT2D eigenvalue weighted by Crippen LogP contribution is 2.34. The summed E-state index contributed by atoms with van der Waals surface area (Å²) in [6, 6.07) is 17.5. The predicted octanol–water partition coefficient (Wildman–Crippen LogP) is 6.06. The van der Waals surface area contributed by atoms with Crippen LogP contribution in [-0.2, 0) is 11.2 Å². The van der Waals surface area contributed by atoms with Crippen LogP contribution in [0.25, 0.3) is 10.4 Å². The van der Waals surface area contributed by atoms with Gasteiger partial charge in [-0.05, 0) is 72.7 Å². The van der Waals surface area contributed by atoms with Crippen LogP contribution in [0.5, 0.6) is 0 Å². The lowest BCUT2D eigenvalue weighted by Crippen LogP contribution is -2.25. The molecule has 1 saturated heterocycles. The van der Waals surface area contributed by atoms with Crippen molar-refractivity contribution in [3.05, 3.63) is 82.0 Å². The second kappa shape index (κ2) is 8.56. The van der Waals surface area contributed by atoms with E-state index < -0.39 is 0 Å². The molecular formula is C24H25FO2S. The minimum absolute atomic E-state index is 0.0425. The molecular weight excluding hydrogens is 371 g/mol. The van der Waals surface area contributed by atoms with Crippen LogP contribution in [0, 0.1) is 12.7 Å². The van der Waals surface area contributed by atoms with Crippen molar-refractivity contribution in [3.63, 3.8) is 0 Å². The Hall–Kier alpha value is -2.01. The normalized spacial score (nSPS) is 19.7. The second-order valence-electron chi connectivity index (χ2n) is 7.50. The van der Waals surface area contributed by atoms with Gasteiger partial charge in [-0.25, -0.2) is 4.39 Å². The summed E-state index contributed by atoms with van der Waals surface area (Å²) in [5, 5.41) is 9.42. The van der Waals surface area contributed by atoms with Gasteiger partial charge in [-0.2, -0.15) is 0 Å². The molecule has 3 aromatic rings. The van der Waals surface area contributed by atoms with Gasteiger partial charge >= 0.3 is 0 Å². The monoisotopic (exact) mass is 396 g/mol. The highest BCUT2D eigenvalue weighted by Gasteiger charge is 2.23. The molecule has 4 heteroatoms. The Labute approximate surface area is 169 Å². The highest BCUT2D eigenvalue weighted by molar-refractivity contribution is 7.15. The average Bonchev–Trinajstić information content (AvgIpc) is 3.19. The maximum atomic E-state index is 13.2. The summed E-state index contributed by atoms with van der Waals surface area (Å²) in [5.74, 6) is -0.207. The van der Waals surface area contributed by atoms with E-state index in [0.29, 0.717) is 0 Å². The van der Waals surface area contributed by atoms with Crippen molar-refractivity contribution >= 4 is 11.3 Å². The third-order valence-corrected chi connectivity index (χ3v) is 6.59. The largest absolute Gasteiger partial charge is 0.394 e. The summed E-state index contributed by atoms with van der Waals surface area (Å²) in [6.45, 7) is 2.24. The van der Waals surface area contributed by atoms with E-state index in [1.54, 1.807) is 11.3 Å². The zero-order valence-corrected chi connectivity index (χ0v) is 16.8. The molecule has 28 heavy (non-hydrogen) atoms. The molecule has 2 aromatic carbocycles. The number of thiophene rings is 1. The number of hydrogen-bond acceptors (Lipinski definition) is 3. The number of benzene rings is 2. The molecule has 0 amide bonds. The summed E-state index contributed by atoms with van der Waals surface area (Å²) in [5.41, 5.74) is 4.83. The molecule has 0 bridgehead atoms. The van der Waals surface area contributed by atoms with Crippen molar-refractivity contribution in [2.45, 2.75) is 44.8 Å². The van der Waals surface area contributed by atoms with E-state index in [1.807, 2.05) is 12.1 Å². The van der Waals surface area contributed by atoms with Crippen molar-refractivity contribution in [1.29, 1.82) is 0 Å². The fourth-order valence-corrected chi connectivity index (χ4v) is 4.83. The standard InChI is InChI=1S/C24H25FO2S/c1-16-5-6-18(23-4-2-3-21(15-26)27-23)13-19(16)14-22-11-12-24(28-22)17-7-9-20(25)10-8-17/h5-13,21,23,26H,2-4,14-15H2,1H3. The Balaban J connectivity index is 1.52. The maximum Gasteiger partial charge on any atom is 0.123 e. The van der Waals surface area contributed by atoms with Gasteiger partial charge in [0, 0.05) is 16.2 Å². The molecule has 0 saturated carbocycles. The maximum absolute atomic E-state index is 13.2. The van der Waals surface area contributed by atoms with E-state index in [-0.39, 0.29) is 24.6 Å². The minimum atomic E-state index is -0.207. The van der Waals surface area contributed by atoms with Gasteiger partial charge in [-0.1, -0.05) is 30.3 Å². The van der Waals surface area contributed by atoms with Gasteiger partial charge in [0.25, 0.3) is 0 Å². The number of halogens is 1. The van der Waals surface area contributed by atoms with Crippen LogP contribution in [0.1, 0.15) is 46.9 Å². The molecule has 1 N–H and O–H groups in total. The van der Waals surface area contributed by atoms with Gasteiger partial charge in [0.2, 0.25) is 0 Å². The smallest absolute Gasteiger partial charge is 0.123 e. The third kappa shape index (κ3) is 4.35. The van der Waals surface area contributed by atoms with Crippen LogP contribution in [0.3, 0.4) is 0 Å². The Morgan fingerprint density at radius 2 is 1.89 bits per heavy atom. The lowest BCUT2D eigenvalue weighted by atomic mass is 9.94. The zero-order valence-electron chi connectivity index (χ0n) is 16.0. The lowest BCUT2D eigenvalue weighted by Gasteiger charge is -2.29. The summed E-state index contributed by atoms with van der Waals surface area (Å²) < 4.78 is 19.2. The van der Waals surface area contributed by atoms with E-state index in [1.165, 1.54) is 33.7 Å². The molecule has 0 aliphatic carbocycles. The highest BCUT2D eigenvalue weighted by atomic mass is 32.1. The summed E-state index contributed by atoms with van der Waals surface area (Å²) in [4.78, 5) is 2.45. The lowest BCUT2D eigenvalue weighted by molar-refractivity contribution is -0.0737. The molecule has 1 aromatic heterocycles. The third-order valence-electron chi connectivity index (χ3n) is 5.45. The number of ether oxygens (including phenoxy) is 1. The quantitative estimate of drug-likeness (QED) is 0.568.